The molecule has 0 unspecified atom stereocenters. The van der Waals surface area contributed by atoms with Gasteiger partial charge < -0.3 is 19.2 Å². The topological polar surface area (TPSA) is 67.5 Å². The van der Waals surface area contributed by atoms with Crippen molar-refractivity contribution < 1.29 is 14.0 Å². The smallest absolute Gasteiger partial charge is 0.271 e. The van der Waals surface area contributed by atoms with Crippen LogP contribution in [0.5, 0.6) is 0 Å². The number of fused-ring (bicyclic) bond motifs is 1. The van der Waals surface area contributed by atoms with E-state index in [1.165, 1.54) is 6.42 Å². The first-order chi connectivity index (χ1) is 16.9. The van der Waals surface area contributed by atoms with Crippen molar-refractivity contribution in [3.05, 3.63) is 72.1 Å². The lowest BCUT2D eigenvalue weighted by atomic mass is 9.77. The Kier molecular flexibility index (Phi) is 6.30. The minimum atomic E-state index is -1.01. The zero-order chi connectivity index (χ0) is 24.6. The Hall–Kier alpha value is -3.28. The summed E-state index contributed by atoms with van der Waals surface area (Å²) in [6, 6.07) is 17.7. The minimum absolute atomic E-state index is 0.0744. The number of rotatable bonds is 6. The van der Waals surface area contributed by atoms with Crippen LogP contribution in [0.4, 0.5) is 0 Å². The molecule has 6 nitrogen and oxygen atoms in total. The van der Waals surface area contributed by atoms with Gasteiger partial charge in [0.2, 0.25) is 5.91 Å². The van der Waals surface area contributed by atoms with Crippen LogP contribution in [0.25, 0.3) is 11.5 Å². The fraction of sp³-hybridized carbons (Fsp3) is 0.448. The minimum Gasteiger partial charge on any atom is -0.463 e. The predicted molar refractivity (Wildman–Crippen MR) is 136 cm³/mol. The van der Waals surface area contributed by atoms with Gasteiger partial charge in [0.15, 0.2) is 0 Å². The summed E-state index contributed by atoms with van der Waals surface area (Å²) >= 11 is 0. The summed E-state index contributed by atoms with van der Waals surface area (Å²) in [5.74, 6) is 1.49. The van der Waals surface area contributed by atoms with Crippen molar-refractivity contribution in [3.8, 4) is 11.5 Å². The third kappa shape index (κ3) is 4.30. The fourth-order valence-electron chi connectivity index (χ4n) is 5.76. The molecule has 1 aliphatic carbocycles. The standard InChI is InChI=1S/C29H35N3O3/c1-20-9-7-12-23(21(20)2)30-28(34)29(3)19-31-24(26-13-8-18-35-26)14-15-25(31)27(33)32(29)17-16-22-10-5-4-6-11-22/h4-6,8,10-11,13-15,18,20-21,23H,7,9,12,16-17,19H2,1-3H3,(H,30,34)/t20-,21+,23+,29+/m1/s1. The molecule has 0 radical (unpaired) electrons. The van der Waals surface area contributed by atoms with Crippen molar-refractivity contribution >= 4 is 11.8 Å². The average molecular weight is 474 g/mol. The number of furan rings is 1. The molecule has 4 atom stereocenters. The zero-order valence-electron chi connectivity index (χ0n) is 20.9. The van der Waals surface area contributed by atoms with Crippen LogP contribution in [-0.2, 0) is 17.8 Å². The highest BCUT2D eigenvalue weighted by Crippen LogP contribution is 2.35. The van der Waals surface area contributed by atoms with Crippen LogP contribution in [0.15, 0.2) is 65.3 Å². The van der Waals surface area contributed by atoms with E-state index in [0.717, 1.165) is 24.1 Å². The Morgan fingerprint density at radius 1 is 1.06 bits per heavy atom. The number of hydrogen-bond acceptors (Lipinski definition) is 3. The Balaban J connectivity index is 1.48. The first-order valence-electron chi connectivity index (χ1n) is 12.8. The lowest BCUT2D eigenvalue weighted by Crippen LogP contribution is -2.65. The van der Waals surface area contributed by atoms with E-state index in [2.05, 4.69) is 31.3 Å². The van der Waals surface area contributed by atoms with Crippen LogP contribution in [0.2, 0.25) is 0 Å². The summed E-state index contributed by atoms with van der Waals surface area (Å²) in [4.78, 5) is 29.6. The van der Waals surface area contributed by atoms with E-state index in [1.807, 2.05) is 54.0 Å². The van der Waals surface area contributed by atoms with Gasteiger partial charge in [-0.05, 0) is 61.4 Å². The van der Waals surface area contributed by atoms with Crippen molar-refractivity contribution in [1.29, 1.82) is 0 Å². The molecule has 6 heteroatoms. The quantitative estimate of drug-likeness (QED) is 0.539. The monoisotopic (exact) mass is 473 g/mol. The third-order valence-electron chi connectivity index (χ3n) is 8.26. The normalized spacial score (nSPS) is 26.4. The van der Waals surface area contributed by atoms with Gasteiger partial charge in [-0.3, -0.25) is 9.59 Å². The summed E-state index contributed by atoms with van der Waals surface area (Å²) in [5.41, 5.74) is 1.55. The molecule has 1 aliphatic heterocycles. The fourth-order valence-corrected chi connectivity index (χ4v) is 5.76. The first-order valence-corrected chi connectivity index (χ1v) is 12.8. The van der Waals surface area contributed by atoms with Crippen molar-refractivity contribution in [2.24, 2.45) is 11.8 Å². The number of nitrogens with zero attached hydrogens (tertiary/aromatic N) is 2. The Bertz CT molecular complexity index is 1180. The molecule has 0 spiro atoms. The molecular formula is C29H35N3O3. The number of carbonyl (C=O) groups excluding carboxylic acids is 2. The largest absolute Gasteiger partial charge is 0.463 e. The SMILES string of the molecule is C[C@H]1[C@H](C)CCC[C@@H]1NC(=O)[C@]1(C)Cn2c(ccc2-c2ccco2)C(=O)N1CCc1ccccc1. The highest BCUT2D eigenvalue weighted by Gasteiger charge is 2.48. The lowest BCUT2D eigenvalue weighted by Gasteiger charge is -2.46. The molecule has 0 bridgehead atoms. The highest BCUT2D eigenvalue weighted by atomic mass is 16.3. The van der Waals surface area contributed by atoms with Gasteiger partial charge in [0.05, 0.1) is 18.5 Å². The van der Waals surface area contributed by atoms with Crippen molar-refractivity contribution in [3.63, 3.8) is 0 Å². The predicted octanol–water partition coefficient (Wildman–Crippen LogP) is 5.15. The molecule has 2 amide bonds. The van der Waals surface area contributed by atoms with Crippen LogP contribution >= 0.6 is 0 Å². The van der Waals surface area contributed by atoms with E-state index in [9.17, 15) is 9.59 Å². The number of hydrogen-bond donors (Lipinski definition) is 1. The van der Waals surface area contributed by atoms with E-state index in [0.29, 0.717) is 42.8 Å². The van der Waals surface area contributed by atoms with Crippen molar-refractivity contribution in [1.82, 2.24) is 14.8 Å². The van der Waals surface area contributed by atoms with Crippen LogP contribution < -0.4 is 5.32 Å². The van der Waals surface area contributed by atoms with E-state index in [4.69, 9.17) is 4.42 Å². The summed E-state index contributed by atoms with van der Waals surface area (Å²) in [5, 5.41) is 3.37. The Morgan fingerprint density at radius 3 is 2.57 bits per heavy atom. The molecule has 1 aromatic carbocycles. The molecule has 5 rings (SSSR count). The summed E-state index contributed by atoms with van der Waals surface area (Å²) in [6.07, 6.45) is 5.62. The zero-order valence-corrected chi connectivity index (χ0v) is 20.9. The summed E-state index contributed by atoms with van der Waals surface area (Å²) in [6.45, 7) is 7.27. The number of amides is 2. The second-order valence-corrected chi connectivity index (χ2v) is 10.5. The second-order valence-electron chi connectivity index (χ2n) is 10.5. The maximum absolute atomic E-state index is 14.0. The van der Waals surface area contributed by atoms with Gasteiger partial charge >= 0.3 is 0 Å². The van der Waals surface area contributed by atoms with Gasteiger partial charge in [0.25, 0.3) is 5.91 Å². The van der Waals surface area contributed by atoms with E-state index < -0.39 is 5.54 Å². The van der Waals surface area contributed by atoms with Crippen LogP contribution in [0.3, 0.4) is 0 Å². The Morgan fingerprint density at radius 2 is 1.83 bits per heavy atom. The number of nitrogens with one attached hydrogen (secondary N) is 1. The third-order valence-corrected chi connectivity index (χ3v) is 8.26. The van der Waals surface area contributed by atoms with Crippen molar-refractivity contribution in [2.45, 2.75) is 64.6 Å². The van der Waals surface area contributed by atoms with Gasteiger partial charge in [-0.1, -0.05) is 57.0 Å². The van der Waals surface area contributed by atoms with Gasteiger partial charge in [0, 0.05) is 12.6 Å². The number of aromatic nitrogens is 1. The summed E-state index contributed by atoms with van der Waals surface area (Å²) < 4.78 is 7.59. The molecule has 35 heavy (non-hydrogen) atoms. The molecule has 1 saturated carbocycles. The second kappa shape index (κ2) is 9.40. The van der Waals surface area contributed by atoms with Gasteiger partial charge in [-0.15, -0.1) is 0 Å². The maximum Gasteiger partial charge on any atom is 0.271 e. The lowest BCUT2D eigenvalue weighted by molar-refractivity contribution is -0.134. The molecule has 1 N–H and O–H groups in total. The maximum atomic E-state index is 14.0. The summed E-state index contributed by atoms with van der Waals surface area (Å²) in [7, 11) is 0. The molecule has 3 heterocycles. The van der Waals surface area contributed by atoms with Crippen LogP contribution in [-0.4, -0.2) is 39.4 Å². The van der Waals surface area contributed by atoms with Gasteiger partial charge in [-0.25, -0.2) is 0 Å². The van der Waals surface area contributed by atoms with Crippen LogP contribution in [0.1, 0.15) is 56.1 Å². The van der Waals surface area contributed by atoms with Crippen LogP contribution in [0, 0.1) is 11.8 Å². The van der Waals surface area contributed by atoms with Gasteiger partial charge in [-0.2, -0.15) is 0 Å². The van der Waals surface area contributed by atoms with Crippen molar-refractivity contribution in [2.75, 3.05) is 6.54 Å². The molecule has 184 valence electrons. The molecule has 0 saturated heterocycles. The number of carbonyl (C=O) groups is 2. The van der Waals surface area contributed by atoms with Gasteiger partial charge in [0.1, 0.15) is 17.0 Å². The average Bonchev–Trinajstić information content (AvgIpc) is 3.52. The van der Waals surface area contributed by atoms with E-state index >= 15 is 0 Å². The van der Waals surface area contributed by atoms with E-state index in [-0.39, 0.29) is 17.9 Å². The van der Waals surface area contributed by atoms with E-state index in [1.54, 1.807) is 11.2 Å². The highest BCUT2D eigenvalue weighted by molar-refractivity contribution is 6.00. The molecule has 3 aromatic rings. The molecule has 1 fully saturated rings. The Labute approximate surface area is 207 Å². The first kappa shape index (κ1) is 23.5. The molecule has 2 aliphatic rings. The molecule has 2 aromatic heterocycles. The molecular weight excluding hydrogens is 438 g/mol. The number of benzene rings is 1.